The SMILES string of the molecule is COC1(CCNC(=O)OC(C)(C)C)C(=O)N(C)c2ccccc21. The van der Waals surface area contributed by atoms with Crippen LogP contribution in [0.5, 0.6) is 0 Å². The van der Waals surface area contributed by atoms with Gasteiger partial charge in [0.1, 0.15) is 5.60 Å². The molecule has 1 atom stereocenters. The molecule has 1 aliphatic rings. The summed E-state index contributed by atoms with van der Waals surface area (Å²) in [6, 6.07) is 7.52. The normalized spacial score (nSPS) is 20.4. The van der Waals surface area contributed by atoms with E-state index in [2.05, 4.69) is 5.32 Å². The first-order valence-corrected chi connectivity index (χ1v) is 7.61. The Labute approximate surface area is 136 Å². The maximum atomic E-state index is 12.7. The van der Waals surface area contributed by atoms with Crippen molar-refractivity contribution in [2.75, 3.05) is 25.6 Å². The quantitative estimate of drug-likeness (QED) is 0.925. The number of fused-ring (bicyclic) bond motifs is 1. The van der Waals surface area contributed by atoms with Crippen molar-refractivity contribution in [3.05, 3.63) is 29.8 Å². The van der Waals surface area contributed by atoms with Gasteiger partial charge in [-0.2, -0.15) is 0 Å². The van der Waals surface area contributed by atoms with Crippen molar-refractivity contribution in [3.8, 4) is 0 Å². The second kappa shape index (κ2) is 6.20. The third-order valence-corrected chi connectivity index (χ3v) is 3.84. The van der Waals surface area contributed by atoms with Crippen LogP contribution in [-0.2, 0) is 19.9 Å². The van der Waals surface area contributed by atoms with Crippen LogP contribution in [0.3, 0.4) is 0 Å². The van der Waals surface area contributed by atoms with Crippen molar-refractivity contribution < 1.29 is 19.1 Å². The summed E-state index contributed by atoms with van der Waals surface area (Å²) in [6.45, 7) is 5.68. The first-order valence-electron chi connectivity index (χ1n) is 7.61. The number of amides is 2. The molecule has 6 heteroatoms. The third-order valence-electron chi connectivity index (χ3n) is 3.84. The van der Waals surface area contributed by atoms with E-state index in [9.17, 15) is 9.59 Å². The molecule has 2 rings (SSSR count). The average Bonchev–Trinajstić information content (AvgIpc) is 2.68. The van der Waals surface area contributed by atoms with Gasteiger partial charge >= 0.3 is 6.09 Å². The number of likely N-dealkylation sites (N-methyl/N-ethyl adjacent to an activating group) is 1. The molecule has 0 saturated carbocycles. The summed E-state index contributed by atoms with van der Waals surface area (Å²) in [5.41, 5.74) is 0.0249. The number of methoxy groups -OCH3 is 1. The van der Waals surface area contributed by atoms with Crippen molar-refractivity contribution >= 4 is 17.7 Å². The number of anilines is 1. The molecule has 1 unspecified atom stereocenters. The van der Waals surface area contributed by atoms with E-state index in [0.29, 0.717) is 6.42 Å². The number of carbonyl (C=O) groups is 2. The van der Waals surface area contributed by atoms with Crippen LogP contribution in [0.25, 0.3) is 0 Å². The number of rotatable bonds is 4. The van der Waals surface area contributed by atoms with E-state index >= 15 is 0 Å². The molecule has 2 amide bonds. The monoisotopic (exact) mass is 320 g/mol. The zero-order valence-electron chi connectivity index (χ0n) is 14.3. The van der Waals surface area contributed by atoms with Crippen molar-refractivity contribution in [2.24, 2.45) is 0 Å². The van der Waals surface area contributed by atoms with Gasteiger partial charge in [0, 0.05) is 32.7 Å². The minimum absolute atomic E-state index is 0.132. The summed E-state index contributed by atoms with van der Waals surface area (Å²) < 4.78 is 10.8. The number of hydrogen-bond acceptors (Lipinski definition) is 4. The predicted molar refractivity (Wildman–Crippen MR) is 87.4 cm³/mol. The molecule has 0 bridgehead atoms. The summed E-state index contributed by atoms with van der Waals surface area (Å²) in [7, 11) is 3.24. The van der Waals surface area contributed by atoms with Gasteiger partial charge < -0.3 is 19.7 Å². The number of alkyl carbamates (subject to hydrolysis) is 1. The number of carbonyl (C=O) groups excluding carboxylic acids is 2. The molecular formula is C17H24N2O4. The highest BCUT2D eigenvalue weighted by Gasteiger charge is 2.49. The molecule has 1 heterocycles. The Balaban J connectivity index is 2.11. The number of nitrogens with zero attached hydrogens (tertiary/aromatic N) is 1. The number of benzene rings is 1. The lowest BCUT2D eigenvalue weighted by Gasteiger charge is -2.27. The van der Waals surface area contributed by atoms with Crippen LogP contribution in [0.15, 0.2) is 24.3 Å². The van der Waals surface area contributed by atoms with Crippen molar-refractivity contribution in [1.82, 2.24) is 5.32 Å². The van der Waals surface area contributed by atoms with E-state index in [0.717, 1.165) is 11.3 Å². The Morgan fingerprint density at radius 1 is 1.30 bits per heavy atom. The minimum atomic E-state index is -1.07. The van der Waals surface area contributed by atoms with Crippen LogP contribution >= 0.6 is 0 Å². The van der Waals surface area contributed by atoms with Gasteiger partial charge in [-0.15, -0.1) is 0 Å². The summed E-state index contributed by atoms with van der Waals surface area (Å²) in [4.78, 5) is 26.0. The maximum Gasteiger partial charge on any atom is 0.407 e. The van der Waals surface area contributed by atoms with Gasteiger partial charge in [0.2, 0.25) is 0 Å². The molecule has 1 aromatic carbocycles. The first-order chi connectivity index (χ1) is 10.7. The molecule has 0 fully saturated rings. The van der Waals surface area contributed by atoms with Gasteiger partial charge in [0.25, 0.3) is 5.91 Å². The fourth-order valence-electron chi connectivity index (χ4n) is 2.80. The molecule has 23 heavy (non-hydrogen) atoms. The number of nitrogens with one attached hydrogen (secondary N) is 1. The van der Waals surface area contributed by atoms with Crippen molar-refractivity contribution in [1.29, 1.82) is 0 Å². The van der Waals surface area contributed by atoms with E-state index in [1.165, 1.54) is 7.11 Å². The Kier molecular flexibility index (Phi) is 4.66. The molecule has 0 radical (unpaired) electrons. The average molecular weight is 320 g/mol. The fraction of sp³-hybridized carbons (Fsp3) is 0.529. The van der Waals surface area contributed by atoms with Gasteiger partial charge in [-0.25, -0.2) is 4.79 Å². The highest BCUT2D eigenvalue weighted by molar-refractivity contribution is 6.06. The van der Waals surface area contributed by atoms with E-state index in [1.807, 2.05) is 24.3 Å². The molecule has 0 aromatic heterocycles. The lowest BCUT2D eigenvalue weighted by molar-refractivity contribution is -0.140. The lowest BCUT2D eigenvalue weighted by atomic mass is 9.91. The van der Waals surface area contributed by atoms with Crippen LogP contribution in [0, 0.1) is 0 Å². The summed E-state index contributed by atoms with van der Waals surface area (Å²) in [5.74, 6) is -0.132. The number of para-hydroxylation sites is 1. The van der Waals surface area contributed by atoms with Crippen LogP contribution < -0.4 is 10.2 Å². The second-order valence-corrected chi connectivity index (χ2v) is 6.59. The highest BCUT2D eigenvalue weighted by Crippen LogP contribution is 2.43. The Bertz CT molecular complexity index is 609. The maximum absolute atomic E-state index is 12.7. The van der Waals surface area contributed by atoms with E-state index < -0.39 is 17.3 Å². The van der Waals surface area contributed by atoms with Gasteiger partial charge in [-0.1, -0.05) is 18.2 Å². The van der Waals surface area contributed by atoms with Crippen LogP contribution in [0.4, 0.5) is 10.5 Å². The van der Waals surface area contributed by atoms with Gasteiger partial charge in [-0.05, 0) is 26.8 Å². The fourth-order valence-corrected chi connectivity index (χ4v) is 2.80. The smallest absolute Gasteiger partial charge is 0.407 e. The Morgan fingerprint density at radius 3 is 2.57 bits per heavy atom. The standard InChI is InChI=1S/C17H24N2O4/c1-16(2,3)23-15(21)18-11-10-17(22-5)12-8-6-7-9-13(12)19(4)14(17)20/h6-9H,10-11H2,1-5H3,(H,18,21). The molecule has 126 valence electrons. The molecule has 1 aromatic rings. The lowest BCUT2D eigenvalue weighted by Crippen LogP contribution is -2.43. The Hall–Kier alpha value is -2.08. The zero-order chi connectivity index (χ0) is 17.3. The van der Waals surface area contributed by atoms with Crippen LogP contribution in [0.2, 0.25) is 0 Å². The van der Waals surface area contributed by atoms with Gasteiger partial charge in [-0.3, -0.25) is 4.79 Å². The number of ether oxygens (including phenoxy) is 2. The van der Waals surface area contributed by atoms with Gasteiger partial charge in [0.05, 0.1) is 5.69 Å². The third kappa shape index (κ3) is 3.32. The van der Waals surface area contributed by atoms with Crippen molar-refractivity contribution in [2.45, 2.75) is 38.4 Å². The molecule has 1 aliphatic heterocycles. The topological polar surface area (TPSA) is 67.9 Å². The van der Waals surface area contributed by atoms with Crippen LogP contribution in [0.1, 0.15) is 32.8 Å². The van der Waals surface area contributed by atoms with Crippen molar-refractivity contribution in [3.63, 3.8) is 0 Å². The summed E-state index contributed by atoms with van der Waals surface area (Å²) >= 11 is 0. The molecule has 0 spiro atoms. The number of hydrogen-bond donors (Lipinski definition) is 1. The minimum Gasteiger partial charge on any atom is -0.444 e. The van der Waals surface area contributed by atoms with Crippen LogP contribution in [-0.4, -0.2) is 38.3 Å². The molecule has 0 aliphatic carbocycles. The highest BCUT2D eigenvalue weighted by atomic mass is 16.6. The largest absolute Gasteiger partial charge is 0.444 e. The van der Waals surface area contributed by atoms with E-state index in [4.69, 9.17) is 9.47 Å². The van der Waals surface area contributed by atoms with E-state index in [-0.39, 0.29) is 12.5 Å². The van der Waals surface area contributed by atoms with E-state index in [1.54, 1.807) is 32.7 Å². The second-order valence-electron chi connectivity index (χ2n) is 6.59. The predicted octanol–water partition coefficient (Wildman–Crippen LogP) is 2.42. The molecule has 6 nitrogen and oxygen atoms in total. The summed E-state index contributed by atoms with van der Waals surface area (Å²) in [6.07, 6.45) is -0.168. The Morgan fingerprint density at radius 2 is 1.96 bits per heavy atom. The molecular weight excluding hydrogens is 296 g/mol. The first kappa shape index (κ1) is 17.3. The zero-order valence-corrected chi connectivity index (χ0v) is 14.3. The molecule has 0 saturated heterocycles. The summed E-state index contributed by atoms with van der Waals surface area (Å²) in [5, 5.41) is 2.68. The van der Waals surface area contributed by atoms with Gasteiger partial charge in [0.15, 0.2) is 5.60 Å². The molecule has 1 N–H and O–H groups in total.